The number of ether oxygens (including phenoxy) is 1. The van der Waals surface area contributed by atoms with Gasteiger partial charge in [-0.05, 0) is 26.6 Å². The van der Waals surface area contributed by atoms with Crippen molar-refractivity contribution in [2.75, 3.05) is 0 Å². The SMILES string of the molecule is C[C@@H]1O[C@@H](O[Si](C)(C)C)[C@H](O)[C@H](O)[C@H]1O. The molecule has 1 heterocycles. The number of aliphatic hydroxyl groups is 3. The fourth-order valence-corrected chi connectivity index (χ4v) is 2.35. The van der Waals surface area contributed by atoms with Crippen LogP contribution in [0.1, 0.15) is 6.92 Å². The zero-order valence-corrected chi connectivity index (χ0v) is 10.5. The van der Waals surface area contributed by atoms with E-state index in [0.717, 1.165) is 0 Å². The van der Waals surface area contributed by atoms with Crippen LogP contribution in [0.4, 0.5) is 0 Å². The second-order valence-corrected chi connectivity index (χ2v) is 9.37. The van der Waals surface area contributed by atoms with Gasteiger partial charge in [-0.1, -0.05) is 0 Å². The monoisotopic (exact) mass is 236 g/mol. The van der Waals surface area contributed by atoms with Crippen molar-refractivity contribution in [1.29, 1.82) is 0 Å². The summed E-state index contributed by atoms with van der Waals surface area (Å²) in [5.41, 5.74) is 0. The topological polar surface area (TPSA) is 79.2 Å². The van der Waals surface area contributed by atoms with Gasteiger partial charge in [-0.2, -0.15) is 0 Å². The average molecular weight is 236 g/mol. The predicted molar refractivity (Wildman–Crippen MR) is 56.8 cm³/mol. The molecular formula is C9H20O5Si. The summed E-state index contributed by atoms with van der Waals surface area (Å²) >= 11 is 0. The van der Waals surface area contributed by atoms with Crippen LogP contribution >= 0.6 is 0 Å². The van der Waals surface area contributed by atoms with Crippen molar-refractivity contribution >= 4 is 8.32 Å². The second-order valence-electron chi connectivity index (χ2n) is 4.91. The summed E-state index contributed by atoms with van der Waals surface area (Å²) in [6, 6.07) is 0. The Balaban J connectivity index is 2.67. The Morgan fingerprint density at radius 3 is 2.00 bits per heavy atom. The van der Waals surface area contributed by atoms with E-state index in [-0.39, 0.29) is 0 Å². The number of hydrogen-bond donors (Lipinski definition) is 3. The third-order valence-corrected chi connectivity index (χ3v) is 3.22. The molecule has 0 aliphatic carbocycles. The third-order valence-electron chi connectivity index (χ3n) is 2.28. The third kappa shape index (κ3) is 3.23. The Labute approximate surface area is 90.8 Å². The molecule has 0 radical (unpaired) electrons. The van der Waals surface area contributed by atoms with Gasteiger partial charge in [0.05, 0.1) is 6.10 Å². The van der Waals surface area contributed by atoms with Gasteiger partial charge in [-0.3, -0.25) is 0 Å². The van der Waals surface area contributed by atoms with Gasteiger partial charge in [0, 0.05) is 0 Å². The fourth-order valence-electron chi connectivity index (χ4n) is 1.46. The van der Waals surface area contributed by atoms with E-state index in [1.165, 1.54) is 0 Å². The highest BCUT2D eigenvalue weighted by Crippen LogP contribution is 2.24. The molecule has 5 atom stereocenters. The quantitative estimate of drug-likeness (QED) is 0.572. The minimum atomic E-state index is -1.85. The molecule has 0 bridgehead atoms. The molecule has 1 rings (SSSR count). The van der Waals surface area contributed by atoms with Crippen LogP contribution in [0.15, 0.2) is 0 Å². The molecule has 0 aromatic rings. The zero-order chi connectivity index (χ0) is 11.8. The molecule has 0 unspecified atom stereocenters. The lowest BCUT2D eigenvalue weighted by Gasteiger charge is -2.41. The van der Waals surface area contributed by atoms with E-state index >= 15 is 0 Å². The summed E-state index contributed by atoms with van der Waals surface area (Å²) in [7, 11) is -1.85. The largest absolute Gasteiger partial charge is 0.391 e. The lowest BCUT2D eigenvalue weighted by atomic mass is 10.0. The van der Waals surface area contributed by atoms with Crippen molar-refractivity contribution in [2.45, 2.75) is 57.3 Å². The Morgan fingerprint density at radius 1 is 1.00 bits per heavy atom. The van der Waals surface area contributed by atoms with Crippen LogP contribution in [0.25, 0.3) is 0 Å². The van der Waals surface area contributed by atoms with Crippen molar-refractivity contribution in [3.63, 3.8) is 0 Å². The molecule has 0 aromatic carbocycles. The van der Waals surface area contributed by atoms with Crippen LogP contribution in [0.3, 0.4) is 0 Å². The fraction of sp³-hybridized carbons (Fsp3) is 1.00. The molecule has 1 fully saturated rings. The number of aliphatic hydroxyl groups excluding tert-OH is 3. The average Bonchev–Trinajstić information content (AvgIpc) is 2.08. The molecule has 1 saturated heterocycles. The molecule has 0 saturated carbocycles. The van der Waals surface area contributed by atoms with Gasteiger partial charge in [0.2, 0.25) is 0 Å². The van der Waals surface area contributed by atoms with E-state index in [0.29, 0.717) is 0 Å². The molecule has 0 amide bonds. The summed E-state index contributed by atoms with van der Waals surface area (Å²) in [4.78, 5) is 0. The van der Waals surface area contributed by atoms with Crippen molar-refractivity contribution < 1.29 is 24.5 Å². The number of hydrogen-bond acceptors (Lipinski definition) is 5. The molecular weight excluding hydrogens is 216 g/mol. The molecule has 5 nitrogen and oxygen atoms in total. The normalized spacial score (nSPS) is 43.0. The van der Waals surface area contributed by atoms with E-state index in [2.05, 4.69) is 0 Å². The first-order valence-corrected chi connectivity index (χ1v) is 8.50. The zero-order valence-electron chi connectivity index (χ0n) is 9.54. The molecule has 0 aromatic heterocycles. The second kappa shape index (κ2) is 4.48. The minimum Gasteiger partial charge on any atom is -0.391 e. The van der Waals surface area contributed by atoms with Gasteiger partial charge in [-0.15, -0.1) is 0 Å². The van der Waals surface area contributed by atoms with Crippen LogP contribution in [-0.4, -0.2) is 54.3 Å². The lowest BCUT2D eigenvalue weighted by molar-refractivity contribution is -0.270. The molecule has 1 aliphatic rings. The van der Waals surface area contributed by atoms with Crippen molar-refractivity contribution in [2.24, 2.45) is 0 Å². The Hall–Kier alpha value is 0.0169. The first kappa shape index (κ1) is 13.1. The van der Waals surface area contributed by atoms with Gasteiger partial charge < -0.3 is 24.5 Å². The van der Waals surface area contributed by atoms with Crippen LogP contribution in [-0.2, 0) is 9.16 Å². The standard InChI is InChI=1S/C9H20O5Si/c1-5-6(10)7(11)8(12)9(13-5)14-15(2,3)4/h5-12H,1-4H3/t5-,6-,7+,8+,9-/m0/s1. The van der Waals surface area contributed by atoms with Crippen LogP contribution in [0.5, 0.6) is 0 Å². The van der Waals surface area contributed by atoms with E-state index in [9.17, 15) is 15.3 Å². The lowest BCUT2D eigenvalue weighted by Crippen LogP contribution is -2.59. The van der Waals surface area contributed by atoms with E-state index in [4.69, 9.17) is 9.16 Å². The molecule has 90 valence electrons. The number of rotatable bonds is 2. The van der Waals surface area contributed by atoms with Crippen LogP contribution in [0.2, 0.25) is 19.6 Å². The van der Waals surface area contributed by atoms with Crippen LogP contribution < -0.4 is 0 Å². The first-order chi connectivity index (χ1) is 6.72. The highest BCUT2D eigenvalue weighted by Gasteiger charge is 2.43. The maximum atomic E-state index is 9.65. The maximum Gasteiger partial charge on any atom is 0.187 e. The van der Waals surface area contributed by atoms with Crippen molar-refractivity contribution in [3.05, 3.63) is 0 Å². The van der Waals surface area contributed by atoms with Crippen LogP contribution in [0, 0.1) is 0 Å². The summed E-state index contributed by atoms with van der Waals surface area (Å²) in [5.74, 6) is 0. The van der Waals surface area contributed by atoms with Gasteiger partial charge in [0.15, 0.2) is 14.6 Å². The molecule has 15 heavy (non-hydrogen) atoms. The van der Waals surface area contributed by atoms with E-state index in [1.807, 2.05) is 19.6 Å². The highest BCUT2D eigenvalue weighted by atomic mass is 28.4. The predicted octanol–water partition coefficient (Wildman–Crippen LogP) is -0.335. The van der Waals surface area contributed by atoms with E-state index < -0.39 is 39.0 Å². The summed E-state index contributed by atoms with van der Waals surface area (Å²) in [6.45, 7) is 7.53. The minimum absolute atomic E-state index is 0.537. The van der Waals surface area contributed by atoms with Gasteiger partial charge in [-0.25, -0.2) is 0 Å². The molecule has 3 N–H and O–H groups in total. The highest BCUT2D eigenvalue weighted by molar-refractivity contribution is 6.69. The van der Waals surface area contributed by atoms with E-state index in [1.54, 1.807) is 6.92 Å². The summed E-state index contributed by atoms with van der Waals surface area (Å²) in [6.07, 6.45) is -4.85. The summed E-state index contributed by atoms with van der Waals surface area (Å²) < 4.78 is 10.9. The Morgan fingerprint density at radius 2 is 1.53 bits per heavy atom. The molecule has 0 spiro atoms. The van der Waals surface area contributed by atoms with Crippen molar-refractivity contribution in [1.82, 2.24) is 0 Å². The van der Waals surface area contributed by atoms with Crippen molar-refractivity contribution in [3.8, 4) is 0 Å². The molecule has 6 heteroatoms. The van der Waals surface area contributed by atoms with Gasteiger partial charge in [0.25, 0.3) is 0 Å². The Bertz CT molecular complexity index is 217. The smallest absolute Gasteiger partial charge is 0.187 e. The molecule has 1 aliphatic heterocycles. The van der Waals surface area contributed by atoms with Gasteiger partial charge in [0.1, 0.15) is 18.3 Å². The maximum absolute atomic E-state index is 9.65. The summed E-state index contributed by atoms with van der Waals surface area (Å²) in [5, 5.41) is 28.6. The first-order valence-electron chi connectivity index (χ1n) is 5.10. The van der Waals surface area contributed by atoms with Gasteiger partial charge >= 0.3 is 0 Å². The Kier molecular flexibility index (Phi) is 3.91.